The van der Waals surface area contributed by atoms with Gasteiger partial charge in [0.1, 0.15) is 11.5 Å². The van der Waals surface area contributed by atoms with Crippen LogP contribution in [0.15, 0.2) is 48.5 Å². The second kappa shape index (κ2) is 8.80. The van der Waals surface area contributed by atoms with Gasteiger partial charge in [0.05, 0.1) is 32.5 Å². The van der Waals surface area contributed by atoms with Crippen LogP contribution in [0.25, 0.3) is 17.1 Å². The molecule has 1 N–H and O–H groups in total. The Morgan fingerprint density at radius 1 is 1.00 bits per heavy atom. The van der Waals surface area contributed by atoms with Crippen molar-refractivity contribution in [3.8, 4) is 28.6 Å². The average Bonchev–Trinajstić information content (AvgIpc) is 3.38. The molecule has 1 saturated heterocycles. The molecule has 3 aromatic rings. The van der Waals surface area contributed by atoms with E-state index in [0.29, 0.717) is 11.4 Å². The number of nitrogens with one attached hydrogen (secondary N) is 1. The molecule has 0 spiro atoms. The maximum atomic E-state index is 5.86. The van der Waals surface area contributed by atoms with E-state index < -0.39 is 0 Å². The predicted molar refractivity (Wildman–Crippen MR) is 115 cm³/mol. The minimum Gasteiger partial charge on any atom is -0.497 e. The largest absolute Gasteiger partial charge is 0.497 e. The lowest BCUT2D eigenvalue weighted by atomic mass is 10.2. The van der Waals surface area contributed by atoms with Crippen molar-refractivity contribution < 1.29 is 14.4 Å². The normalized spacial score (nSPS) is 14.3. The number of methoxy groups -OCH3 is 1. The second-order valence-corrected chi connectivity index (χ2v) is 7.58. The van der Waals surface area contributed by atoms with E-state index in [0.717, 1.165) is 35.2 Å². The van der Waals surface area contributed by atoms with Gasteiger partial charge in [0, 0.05) is 18.4 Å². The fourth-order valence-electron chi connectivity index (χ4n) is 3.77. The van der Waals surface area contributed by atoms with Crippen molar-refractivity contribution in [2.45, 2.75) is 26.4 Å². The fourth-order valence-corrected chi connectivity index (χ4v) is 4.07. The monoisotopic (exact) mass is 411 g/mol. The van der Waals surface area contributed by atoms with Crippen LogP contribution in [0.3, 0.4) is 0 Å². The molecule has 2 heterocycles. The molecule has 0 bridgehead atoms. The van der Waals surface area contributed by atoms with Gasteiger partial charge in [-0.1, -0.05) is 0 Å². The van der Waals surface area contributed by atoms with Gasteiger partial charge in [-0.2, -0.15) is 4.68 Å². The first-order valence-corrected chi connectivity index (χ1v) is 10.5. The van der Waals surface area contributed by atoms with E-state index in [2.05, 4.69) is 0 Å². The van der Waals surface area contributed by atoms with Crippen molar-refractivity contribution in [2.75, 3.05) is 26.8 Å². The molecule has 2 aromatic carbocycles. The number of quaternary nitrogens is 1. The topological polar surface area (TPSA) is 45.6 Å². The third-order valence-corrected chi connectivity index (χ3v) is 5.67. The number of hydrogen-bond donors (Lipinski definition) is 1. The molecule has 1 aliphatic heterocycles. The highest BCUT2D eigenvalue weighted by Crippen LogP contribution is 2.25. The van der Waals surface area contributed by atoms with Crippen LogP contribution in [0.5, 0.6) is 11.5 Å². The first kappa shape index (κ1) is 19.7. The Balaban J connectivity index is 1.77. The summed E-state index contributed by atoms with van der Waals surface area (Å²) in [5, 5.41) is 4.92. The summed E-state index contributed by atoms with van der Waals surface area (Å²) in [5.41, 5.74) is 1.98. The summed E-state index contributed by atoms with van der Waals surface area (Å²) in [6.07, 6.45) is 2.54. The molecule has 1 fully saturated rings. The van der Waals surface area contributed by atoms with Crippen LogP contribution in [0.4, 0.5) is 0 Å². The molecule has 0 saturated carbocycles. The summed E-state index contributed by atoms with van der Waals surface area (Å²) in [6, 6.07) is 16.0. The van der Waals surface area contributed by atoms with Gasteiger partial charge in [-0.25, -0.2) is 0 Å². The number of aromatic nitrogens is 3. The Kier molecular flexibility index (Phi) is 5.97. The highest BCUT2D eigenvalue weighted by atomic mass is 32.1. The van der Waals surface area contributed by atoms with Crippen molar-refractivity contribution in [3.05, 3.63) is 53.3 Å². The highest BCUT2D eigenvalue weighted by molar-refractivity contribution is 7.71. The first-order valence-electron chi connectivity index (χ1n) is 10.1. The summed E-state index contributed by atoms with van der Waals surface area (Å²) < 4.78 is 15.6. The molecule has 152 valence electrons. The molecule has 6 nitrogen and oxygen atoms in total. The van der Waals surface area contributed by atoms with E-state index in [1.807, 2.05) is 64.7 Å². The Morgan fingerprint density at radius 3 is 2.28 bits per heavy atom. The molecular formula is C22H27N4O2S+. The third-order valence-electron chi connectivity index (χ3n) is 5.28. The van der Waals surface area contributed by atoms with Gasteiger partial charge in [-0.05, 0) is 67.7 Å². The molecule has 29 heavy (non-hydrogen) atoms. The Labute approximate surface area is 176 Å². The summed E-state index contributed by atoms with van der Waals surface area (Å²) in [6.45, 7) is 5.78. The molecule has 0 unspecified atom stereocenters. The molecule has 7 heteroatoms. The molecule has 4 rings (SSSR count). The molecule has 0 radical (unpaired) electrons. The summed E-state index contributed by atoms with van der Waals surface area (Å²) in [4.78, 5) is 1.53. The van der Waals surface area contributed by atoms with E-state index in [1.165, 1.54) is 30.8 Å². The Hall–Kier alpha value is -2.64. The smallest absolute Gasteiger partial charge is 0.207 e. The van der Waals surface area contributed by atoms with Crippen molar-refractivity contribution in [1.82, 2.24) is 14.3 Å². The average molecular weight is 412 g/mol. The molecule has 1 aromatic heterocycles. The van der Waals surface area contributed by atoms with Crippen molar-refractivity contribution in [3.63, 3.8) is 0 Å². The van der Waals surface area contributed by atoms with Gasteiger partial charge < -0.3 is 14.4 Å². The highest BCUT2D eigenvalue weighted by Gasteiger charge is 2.20. The quantitative estimate of drug-likeness (QED) is 0.607. The number of nitrogens with zero attached hydrogens (tertiary/aromatic N) is 3. The standard InChI is InChI=1S/C22H26N4O2S/c1-3-28-20-12-8-18(9-13-20)26-21(17-6-10-19(27-2)11-7-17)23-25(22(26)29)16-24-14-4-5-15-24/h6-13H,3-5,14-16H2,1-2H3/p+1. The summed E-state index contributed by atoms with van der Waals surface area (Å²) in [5.74, 6) is 2.50. The molecule has 1 aliphatic rings. The summed E-state index contributed by atoms with van der Waals surface area (Å²) in [7, 11) is 1.67. The SMILES string of the molecule is CCOc1ccc(-n2c(-c3ccc(OC)cc3)nn(C[NH+]3CCCC3)c2=S)cc1. The summed E-state index contributed by atoms with van der Waals surface area (Å²) >= 11 is 5.86. The number of ether oxygens (including phenoxy) is 2. The van der Waals surface area contributed by atoms with E-state index in [4.69, 9.17) is 26.8 Å². The van der Waals surface area contributed by atoms with Gasteiger partial charge >= 0.3 is 0 Å². The van der Waals surface area contributed by atoms with Crippen LogP contribution in [0.1, 0.15) is 19.8 Å². The number of likely N-dealkylation sites (tertiary alicyclic amines) is 1. The third kappa shape index (κ3) is 4.21. The van der Waals surface area contributed by atoms with Crippen LogP contribution in [0, 0.1) is 4.77 Å². The van der Waals surface area contributed by atoms with E-state index in [9.17, 15) is 0 Å². The van der Waals surface area contributed by atoms with Crippen molar-refractivity contribution in [2.24, 2.45) is 0 Å². The second-order valence-electron chi connectivity index (χ2n) is 7.21. The minimum absolute atomic E-state index is 0.645. The minimum atomic E-state index is 0.645. The zero-order valence-electron chi connectivity index (χ0n) is 16.9. The maximum absolute atomic E-state index is 5.86. The van der Waals surface area contributed by atoms with Gasteiger partial charge in [0.15, 0.2) is 12.5 Å². The van der Waals surface area contributed by atoms with E-state index in [1.54, 1.807) is 7.11 Å². The van der Waals surface area contributed by atoms with Crippen LogP contribution in [-0.4, -0.2) is 41.2 Å². The van der Waals surface area contributed by atoms with E-state index in [-0.39, 0.29) is 0 Å². The van der Waals surface area contributed by atoms with Crippen LogP contribution in [-0.2, 0) is 6.67 Å². The molecule has 0 aliphatic carbocycles. The van der Waals surface area contributed by atoms with E-state index >= 15 is 0 Å². The fraction of sp³-hybridized carbons (Fsp3) is 0.364. The van der Waals surface area contributed by atoms with Gasteiger partial charge in [0.2, 0.25) is 4.77 Å². The van der Waals surface area contributed by atoms with Crippen LogP contribution in [0.2, 0.25) is 0 Å². The molecule has 0 atom stereocenters. The van der Waals surface area contributed by atoms with Gasteiger partial charge in [-0.15, -0.1) is 5.10 Å². The Morgan fingerprint density at radius 2 is 1.66 bits per heavy atom. The number of hydrogen-bond acceptors (Lipinski definition) is 4. The zero-order valence-corrected chi connectivity index (χ0v) is 17.7. The lowest BCUT2D eigenvalue weighted by Gasteiger charge is -2.11. The van der Waals surface area contributed by atoms with Gasteiger partial charge in [-0.3, -0.25) is 4.57 Å². The first-order chi connectivity index (χ1) is 14.2. The van der Waals surface area contributed by atoms with Crippen molar-refractivity contribution in [1.29, 1.82) is 0 Å². The Bertz CT molecular complexity index is 1000. The van der Waals surface area contributed by atoms with Gasteiger partial charge in [0.25, 0.3) is 0 Å². The molecular weight excluding hydrogens is 384 g/mol. The number of rotatable bonds is 7. The van der Waals surface area contributed by atoms with Crippen LogP contribution < -0.4 is 14.4 Å². The predicted octanol–water partition coefficient (Wildman–Crippen LogP) is 3.11. The van der Waals surface area contributed by atoms with Crippen molar-refractivity contribution >= 4 is 12.2 Å². The molecule has 0 amide bonds. The zero-order chi connectivity index (χ0) is 20.2. The maximum Gasteiger partial charge on any atom is 0.207 e. The van der Waals surface area contributed by atoms with Crippen LogP contribution >= 0.6 is 12.2 Å². The lowest BCUT2D eigenvalue weighted by Crippen LogP contribution is -3.09. The number of benzene rings is 2. The lowest BCUT2D eigenvalue weighted by molar-refractivity contribution is -0.911.